The van der Waals surface area contributed by atoms with Crippen molar-refractivity contribution < 1.29 is 9.21 Å². The van der Waals surface area contributed by atoms with Gasteiger partial charge in [0.15, 0.2) is 0 Å². The van der Waals surface area contributed by atoms with E-state index in [-0.39, 0.29) is 11.9 Å². The quantitative estimate of drug-likeness (QED) is 0.806. The van der Waals surface area contributed by atoms with Gasteiger partial charge in [-0.15, -0.1) is 0 Å². The fraction of sp³-hybridized carbons (Fsp3) is 0.200. The molecule has 1 N–H and O–H groups in total. The molecule has 6 heteroatoms. The standard InChI is InChI=1S/C15H14ClN3O2/c1-10(7-12-3-2-6-21-12)17-15(20)13-9-19-8-11(16)4-5-14(19)18-13/h2-6,8-10H,7H2,1H3,(H,17,20)/t10-/m0/s1. The number of furan rings is 1. The lowest BCUT2D eigenvalue weighted by atomic mass is 10.2. The van der Waals surface area contributed by atoms with Crippen molar-refractivity contribution in [3.8, 4) is 0 Å². The molecule has 0 saturated heterocycles. The highest BCUT2D eigenvalue weighted by Gasteiger charge is 2.14. The third-order valence-electron chi connectivity index (χ3n) is 3.11. The van der Waals surface area contributed by atoms with E-state index < -0.39 is 0 Å². The maximum absolute atomic E-state index is 12.2. The molecule has 0 aliphatic rings. The van der Waals surface area contributed by atoms with Crippen LogP contribution in [0.2, 0.25) is 5.02 Å². The topological polar surface area (TPSA) is 59.5 Å². The van der Waals surface area contributed by atoms with Crippen LogP contribution < -0.4 is 5.32 Å². The molecule has 3 aromatic rings. The molecule has 108 valence electrons. The summed E-state index contributed by atoms with van der Waals surface area (Å²) in [5.74, 6) is 0.624. The predicted molar refractivity (Wildman–Crippen MR) is 79.5 cm³/mol. The van der Waals surface area contributed by atoms with Gasteiger partial charge in [0.1, 0.15) is 17.1 Å². The minimum absolute atomic E-state index is 0.0444. The molecule has 21 heavy (non-hydrogen) atoms. The van der Waals surface area contributed by atoms with Crippen LogP contribution in [0.3, 0.4) is 0 Å². The normalized spacial score (nSPS) is 12.5. The molecule has 0 aliphatic heterocycles. The summed E-state index contributed by atoms with van der Waals surface area (Å²) < 4.78 is 7.00. The van der Waals surface area contributed by atoms with E-state index in [4.69, 9.17) is 16.0 Å². The first-order valence-electron chi connectivity index (χ1n) is 6.59. The molecule has 3 aromatic heterocycles. The average molecular weight is 304 g/mol. The summed E-state index contributed by atoms with van der Waals surface area (Å²) >= 11 is 5.91. The zero-order valence-electron chi connectivity index (χ0n) is 11.4. The Morgan fingerprint density at radius 3 is 3.05 bits per heavy atom. The van der Waals surface area contributed by atoms with E-state index in [1.54, 1.807) is 35.2 Å². The number of pyridine rings is 1. The van der Waals surface area contributed by atoms with Crippen molar-refractivity contribution in [3.05, 3.63) is 59.4 Å². The number of rotatable bonds is 4. The third kappa shape index (κ3) is 3.08. The highest BCUT2D eigenvalue weighted by molar-refractivity contribution is 6.30. The van der Waals surface area contributed by atoms with E-state index >= 15 is 0 Å². The number of hydrogen-bond donors (Lipinski definition) is 1. The molecule has 0 saturated carbocycles. The number of nitrogens with zero attached hydrogens (tertiary/aromatic N) is 2. The number of fused-ring (bicyclic) bond motifs is 1. The van der Waals surface area contributed by atoms with Gasteiger partial charge in [-0.25, -0.2) is 4.98 Å². The number of hydrogen-bond acceptors (Lipinski definition) is 3. The second kappa shape index (κ2) is 5.61. The maximum atomic E-state index is 12.2. The van der Waals surface area contributed by atoms with Gasteiger partial charge < -0.3 is 14.1 Å². The smallest absolute Gasteiger partial charge is 0.271 e. The number of carbonyl (C=O) groups excluding carboxylic acids is 1. The van der Waals surface area contributed by atoms with Crippen molar-refractivity contribution in [2.24, 2.45) is 0 Å². The molecule has 5 nitrogen and oxygen atoms in total. The lowest BCUT2D eigenvalue weighted by Crippen LogP contribution is -2.34. The highest BCUT2D eigenvalue weighted by atomic mass is 35.5. The number of aromatic nitrogens is 2. The van der Waals surface area contributed by atoms with Crippen molar-refractivity contribution in [2.45, 2.75) is 19.4 Å². The van der Waals surface area contributed by atoms with Gasteiger partial charge in [0, 0.05) is 24.9 Å². The van der Waals surface area contributed by atoms with Crippen molar-refractivity contribution in [2.75, 3.05) is 0 Å². The lowest BCUT2D eigenvalue weighted by molar-refractivity contribution is 0.0935. The van der Waals surface area contributed by atoms with Gasteiger partial charge in [0.2, 0.25) is 0 Å². The van der Waals surface area contributed by atoms with Crippen molar-refractivity contribution >= 4 is 23.2 Å². The summed E-state index contributed by atoms with van der Waals surface area (Å²) in [5.41, 5.74) is 1.05. The molecule has 1 atom stereocenters. The van der Waals surface area contributed by atoms with Crippen molar-refractivity contribution in [3.63, 3.8) is 0 Å². The van der Waals surface area contributed by atoms with Gasteiger partial charge in [-0.2, -0.15) is 0 Å². The van der Waals surface area contributed by atoms with E-state index in [1.807, 2.05) is 19.1 Å². The largest absolute Gasteiger partial charge is 0.469 e. The van der Waals surface area contributed by atoms with E-state index in [0.717, 1.165) is 5.76 Å². The van der Waals surface area contributed by atoms with Crippen molar-refractivity contribution in [1.29, 1.82) is 0 Å². The summed E-state index contributed by atoms with van der Waals surface area (Å²) in [6.45, 7) is 1.92. The Bertz CT molecular complexity index is 764. The van der Waals surface area contributed by atoms with Crippen LogP contribution in [0.1, 0.15) is 23.2 Å². The van der Waals surface area contributed by atoms with Crippen LogP contribution >= 0.6 is 11.6 Å². The molecule has 3 heterocycles. The molecular formula is C15H14ClN3O2. The Kier molecular flexibility index (Phi) is 3.66. The van der Waals surface area contributed by atoms with E-state index in [0.29, 0.717) is 22.8 Å². The van der Waals surface area contributed by atoms with Crippen molar-refractivity contribution in [1.82, 2.24) is 14.7 Å². The Hall–Kier alpha value is -2.27. The third-order valence-corrected chi connectivity index (χ3v) is 3.34. The number of amides is 1. The summed E-state index contributed by atoms with van der Waals surface area (Å²) in [7, 11) is 0. The van der Waals surface area contributed by atoms with Gasteiger partial charge in [-0.1, -0.05) is 11.6 Å². The van der Waals surface area contributed by atoms with Crippen LogP contribution in [-0.4, -0.2) is 21.3 Å². The number of halogens is 1. The first kappa shape index (κ1) is 13.7. The van der Waals surface area contributed by atoms with E-state index in [9.17, 15) is 4.79 Å². The molecule has 0 spiro atoms. The molecular weight excluding hydrogens is 290 g/mol. The van der Waals surface area contributed by atoms with Crippen LogP contribution in [0.15, 0.2) is 47.3 Å². The molecule has 0 fully saturated rings. The molecule has 0 aromatic carbocycles. The second-order valence-electron chi connectivity index (χ2n) is 4.90. The van der Waals surface area contributed by atoms with Gasteiger partial charge in [-0.05, 0) is 31.2 Å². The zero-order chi connectivity index (χ0) is 14.8. The number of nitrogens with one attached hydrogen (secondary N) is 1. The molecule has 0 unspecified atom stereocenters. The SMILES string of the molecule is C[C@@H](Cc1ccco1)NC(=O)c1cn2cc(Cl)ccc2n1. The first-order chi connectivity index (χ1) is 10.1. The maximum Gasteiger partial charge on any atom is 0.271 e. The molecule has 0 aliphatic carbocycles. The van der Waals surface area contributed by atoms with Gasteiger partial charge in [0.25, 0.3) is 5.91 Å². The van der Waals surface area contributed by atoms with Crippen LogP contribution in [-0.2, 0) is 6.42 Å². The zero-order valence-corrected chi connectivity index (χ0v) is 12.2. The monoisotopic (exact) mass is 303 g/mol. The minimum atomic E-state index is -0.214. The Morgan fingerprint density at radius 1 is 1.43 bits per heavy atom. The molecule has 3 rings (SSSR count). The summed E-state index contributed by atoms with van der Waals surface area (Å²) in [4.78, 5) is 16.5. The predicted octanol–water partition coefficient (Wildman–Crippen LogP) is 2.94. The summed E-state index contributed by atoms with van der Waals surface area (Å²) in [6, 6.07) is 7.18. The Labute approximate surface area is 126 Å². The molecule has 0 bridgehead atoms. The first-order valence-corrected chi connectivity index (χ1v) is 6.97. The van der Waals surface area contributed by atoms with Crippen LogP contribution in [0.5, 0.6) is 0 Å². The summed E-state index contributed by atoms with van der Waals surface area (Å²) in [5, 5.41) is 3.50. The fourth-order valence-electron chi connectivity index (χ4n) is 2.15. The van der Waals surface area contributed by atoms with E-state index in [2.05, 4.69) is 10.3 Å². The highest BCUT2D eigenvalue weighted by Crippen LogP contribution is 2.12. The van der Waals surface area contributed by atoms with Gasteiger partial charge >= 0.3 is 0 Å². The van der Waals surface area contributed by atoms with Crippen LogP contribution in [0.25, 0.3) is 5.65 Å². The number of imidazole rings is 1. The van der Waals surface area contributed by atoms with E-state index in [1.165, 1.54) is 0 Å². The Morgan fingerprint density at radius 2 is 2.29 bits per heavy atom. The van der Waals surface area contributed by atoms with Crippen LogP contribution in [0.4, 0.5) is 0 Å². The lowest BCUT2D eigenvalue weighted by Gasteiger charge is -2.10. The molecule has 0 radical (unpaired) electrons. The molecule has 1 amide bonds. The fourth-order valence-corrected chi connectivity index (χ4v) is 2.32. The minimum Gasteiger partial charge on any atom is -0.469 e. The number of carbonyl (C=O) groups is 1. The van der Waals surface area contributed by atoms with Crippen LogP contribution in [0, 0.1) is 0 Å². The summed E-state index contributed by atoms with van der Waals surface area (Å²) in [6.07, 6.45) is 5.64. The average Bonchev–Trinajstić information content (AvgIpc) is 3.06. The Balaban J connectivity index is 1.71. The second-order valence-corrected chi connectivity index (χ2v) is 5.33. The van der Waals surface area contributed by atoms with Gasteiger partial charge in [0.05, 0.1) is 11.3 Å². The van der Waals surface area contributed by atoms with Gasteiger partial charge in [-0.3, -0.25) is 4.79 Å².